The van der Waals surface area contributed by atoms with Gasteiger partial charge in [-0.2, -0.15) is 0 Å². The molecule has 0 radical (unpaired) electrons. The molecule has 0 saturated heterocycles. The zero-order valence-electron chi connectivity index (χ0n) is 12.3. The number of rotatable bonds is 9. The summed E-state index contributed by atoms with van der Waals surface area (Å²) >= 11 is 0. The summed E-state index contributed by atoms with van der Waals surface area (Å²) in [5.41, 5.74) is 0. The van der Waals surface area contributed by atoms with Crippen LogP contribution in [0, 0.1) is 5.92 Å². The molecule has 0 rings (SSSR count). The first-order valence-electron chi connectivity index (χ1n) is 6.92. The quantitative estimate of drug-likeness (QED) is 0.269. The van der Waals surface area contributed by atoms with Crippen molar-refractivity contribution in [3.05, 3.63) is 25.3 Å². The van der Waals surface area contributed by atoms with Crippen molar-refractivity contribution in [2.75, 3.05) is 0 Å². The van der Waals surface area contributed by atoms with E-state index >= 15 is 0 Å². The first-order chi connectivity index (χ1) is 7.68. The Hall–Kier alpha value is 0.194. The largest absolute Gasteiger partial charge is 4.00 e. The smallest absolute Gasteiger partial charge is 0.0991 e. The fourth-order valence-electron chi connectivity index (χ4n) is 1.51. The van der Waals surface area contributed by atoms with Gasteiger partial charge in [0.15, 0.2) is 0 Å². The molecule has 1 heteroatoms. The van der Waals surface area contributed by atoms with Gasteiger partial charge in [-0.05, 0) is 5.92 Å². The molecular formula is C16H32Ti+4. The molecule has 0 heterocycles. The molecule has 0 amide bonds. The molecule has 0 fully saturated rings. The van der Waals surface area contributed by atoms with Crippen LogP contribution < -0.4 is 0 Å². The van der Waals surface area contributed by atoms with E-state index in [1.54, 1.807) is 12.2 Å². The predicted octanol–water partition coefficient (Wildman–Crippen LogP) is 6.14. The number of hydrogen-bond donors (Lipinski definition) is 0. The van der Waals surface area contributed by atoms with Crippen LogP contribution in [0.2, 0.25) is 0 Å². The van der Waals surface area contributed by atoms with Crippen molar-refractivity contribution in [1.29, 1.82) is 0 Å². The number of allylic oxidation sites excluding steroid dienone is 2. The van der Waals surface area contributed by atoms with E-state index in [1.807, 2.05) is 0 Å². The van der Waals surface area contributed by atoms with Crippen molar-refractivity contribution < 1.29 is 21.7 Å². The van der Waals surface area contributed by atoms with E-state index in [0.29, 0.717) is 0 Å². The van der Waals surface area contributed by atoms with E-state index in [1.165, 1.54) is 51.4 Å². The van der Waals surface area contributed by atoms with Crippen molar-refractivity contribution >= 4 is 0 Å². The Kier molecular flexibility index (Phi) is 28.3. The van der Waals surface area contributed by atoms with E-state index in [4.69, 9.17) is 0 Å². The average molecular weight is 272 g/mol. The van der Waals surface area contributed by atoms with Crippen LogP contribution in [0.5, 0.6) is 0 Å². The van der Waals surface area contributed by atoms with Gasteiger partial charge >= 0.3 is 21.7 Å². The molecule has 0 N–H and O–H groups in total. The van der Waals surface area contributed by atoms with Gasteiger partial charge in [-0.15, -0.1) is 0 Å². The fraction of sp³-hybridized carbons (Fsp3) is 0.750. The molecule has 0 aliphatic heterocycles. The van der Waals surface area contributed by atoms with Crippen LogP contribution in [-0.2, 0) is 21.7 Å². The Balaban J connectivity index is -0.000000340. The average Bonchev–Trinajstić information content (AvgIpc) is 2.28. The molecule has 0 saturated carbocycles. The van der Waals surface area contributed by atoms with Crippen LogP contribution in [0.1, 0.15) is 72.1 Å². The van der Waals surface area contributed by atoms with E-state index < -0.39 is 0 Å². The Labute approximate surface area is 125 Å². The third-order valence-corrected chi connectivity index (χ3v) is 2.55. The molecular weight excluding hydrogens is 240 g/mol. The van der Waals surface area contributed by atoms with Gasteiger partial charge in [0.05, 0.1) is 0 Å². The maximum atomic E-state index is 3.36. The van der Waals surface area contributed by atoms with Gasteiger partial charge in [0, 0.05) is 0 Å². The van der Waals surface area contributed by atoms with Gasteiger partial charge in [0.2, 0.25) is 0 Å². The van der Waals surface area contributed by atoms with Crippen LogP contribution in [0.25, 0.3) is 0 Å². The van der Waals surface area contributed by atoms with Gasteiger partial charge in [-0.1, -0.05) is 97.4 Å². The van der Waals surface area contributed by atoms with Gasteiger partial charge in [-0.3, -0.25) is 0 Å². The Morgan fingerprint density at radius 1 is 0.824 bits per heavy atom. The standard InChI is InChI=1S/C12H26.C4H6.Ti/c1-4-5-6-7-8-9-10-11-12(2)3;1-3-4-2;/h12H,4-11H2,1-3H3;3-4H,1-2H2;/q;;+4. The zero-order chi connectivity index (χ0) is 12.6. The topological polar surface area (TPSA) is 0 Å². The molecule has 0 unspecified atom stereocenters. The second-order valence-electron chi connectivity index (χ2n) is 4.78. The molecule has 0 aromatic heterocycles. The summed E-state index contributed by atoms with van der Waals surface area (Å²) in [5.74, 6) is 0.903. The summed E-state index contributed by atoms with van der Waals surface area (Å²) in [4.78, 5) is 0. The maximum absolute atomic E-state index is 3.36. The second-order valence-corrected chi connectivity index (χ2v) is 4.78. The SMILES string of the molecule is C=CC=C.CCCCCCCCCC(C)C.[Ti+4]. The Morgan fingerprint density at radius 2 is 1.24 bits per heavy atom. The molecule has 17 heavy (non-hydrogen) atoms. The van der Waals surface area contributed by atoms with Crippen molar-refractivity contribution in [1.82, 2.24) is 0 Å². The van der Waals surface area contributed by atoms with Crippen molar-refractivity contribution in [3.8, 4) is 0 Å². The van der Waals surface area contributed by atoms with E-state index in [2.05, 4.69) is 33.9 Å². The molecule has 0 nitrogen and oxygen atoms in total. The molecule has 0 aliphatic rings. The van der Waals surface area contributed by atoms with Crippen molar-refractivity contribution in [2.24, 2.45) is 5.92 Å². The zero-order valence-corrected chi connectivity index (χ0v) is 13.9. The third-order valence-electron chi connectivity index (χ3n) is 2.55. The summed E-state index contributed by atoms with van der Waals surface area (Å²) in [5, 5.41) is 0. The number of hydrogen-bond acceptors (Lipinski definition) is 0. The Bertz CT molecular complexity index is 132. The summed E-state index contributed by atoms with van der Waals surface area (Å²) in [6.07, 6.45) is 14.8. The fourth-order valence-corrected chi connectivity index (χ4v) is 1.51. The van der Waals surface area contributed by atoms with Crippen molar-refractivity contribution in [3.63, 3.8) is 0 Å². The second kappa shape index (κ2) is 21.5. The monoisotopic (exact) mass is 272 g/mol. The molecule has 96 valence electrons. The summed E-state index contributed by atoms with van der Waals surface area (Å²) in [7, 11) is 0. The van der Waals surface area contributed by atoms with E-state index in [0.717, 1.165) is 5.92 Å². The first-order valence-corrected chi connectivity index (χ1v) is 6.92. The van der Waals surface area contributed by atoms with Gasteiger partial charge in [0.25, 0.3) is 0 Å². The van der Waals surface area contributed by atoms with Crippen LogP contribution in [-0.4, -0.2) is 0 Å². The van der Waals surface area contributed by atoms with Crippen LogP contribution in [0.3, 0.4) is 0 Å². The first kappa shape index (κ1) is 22.4. The molecule has 0 aliphatic carbocycles. The van der Waals surface area contributed by atoms with Crippen LogP contribution in [0.15, 0.2) is 25.3 Å². The molecule has 0 spiro atoms. The van der Waals surface area contributed by atoms with Crippen molar-refractivity contribution in [2.45, 2.75) is 72.1 Å². The minimum atomic E-state index is 0. The summed E-state index contributed by atoms with van der Waals surface area (Å²) < 4.78 is 0. The molecule has 0 aromatic rings. The predicted molar refractivity (Wildman–Crippen MR) is 77.8 cm³/mol. The summed E-state index contributed by atoms with van der Waals surface area (Å²) in [6, 6.07) is 0. The number of unbranched alkanes of at least 4 members (excludes halogenated alkanes) is 6. The summed E-state index contributed by atoms with van der Waals surface area (Å²) in [6.45, 7) is 13.6. The molecule has 0 bridgehead atoms. The van der Waals surface area contributed by atoms with Crippen LogP contribution in [0.4, 0.5) is 0 Å². The Morgan fingerprint density at radius 3 is 1.59 bits per heavy atom. The maximum Gasteiger partial charge on any atom is 4.00 e. The minimum absolute atomic E-state index is 0. The van der Waals surface area contributed by atoms with E-state index in [9.17, 15) is 0 Å². The third kappa shape index (κ3) is 31.4. The van der Waals surface area contributed by atoms with Gasteiger partial charge < -0.3 is 0 Å². The van der Waals surface area contributed by atoms with Crippen LogP contribution >= 0.6 is 0 Å². The minimum Gasteiger partial charge on any atom is -0.0991 e. The van der Waals surface area contributed by atoms with Gasteiger partial charge in [0.1, 0.15) is 0 Å². The van der Waals surface area contributed by atoms with E-state index in [-0.39, 0.29) is 21.7 Å². The molecule has 0 aromatic carbocycles. The molecule has 0 atom stereocenters. The van der Waals surface area contributed by atoms with Gasteiger partial charge in [-0.25, -0.2) is 0 Å². The normalized spacial score (nSPS) is 8.94.